The minimum absolute atomic E-state index is 0. The molecule has 37 heavy (non-hydrogen) atoms. The number of phenolic OH excluding ortho intramolecular Hbond substituents is 1. The first-order valence-electron chi connectivity index (χ1n) is 10.7. The summed E-state index contributed by atoms with van der Waals surface area (Å²) in [4.78, 5) is 11.9. The topological polar surface area (TPSA) is 68.1 Å². The number of hydrogen-bond donors (Lipinski definition) is 1. The van der Waals surface area contributed by atoms with Crippen LogP contribution in [-0.4, -0.2) is 28.5 Å². The Bertz CT molecular complexity index is 1210. The molecule has 2 aromatic carbocycles. The molecular formula is C28H24BBr3N3O2. The first-order valence-corrected chi connectivity index (χ1v) is 13.0. The van der Waals surface area contributed by atoms with Gasteiger partial charge >= 0.3 is 0 Å². The van der Waals surface area contributed by atoms with Gasteiger partial charge < -0.3 is 9.84 Å². The summed E-state index contributed by atoms with van der Waals surface area (Å²) in [5, 5.41) is 8.78. The number of hydrogen-bond acceptors (Lipinski definition) is 5. The molecule has 3 heterocycles. The molecule has 187 valence electrons. The zero-order valence-corrected chi connectivity index (χ0v) is 24.7. The Morgan fingerprint density at radius 1 is 0.622 bits per heavy atom. The van der Waals surface area contributed by atoms with E-state index in [1.165, 1.54) is 0 Å². The molecule has 0 saturated heterocycles. The fraction of sp³-hybridized carbons (Fsp3) is 0.0357. The normalized spacial score (nSPS) is 8.97. The summed E-state index contributed by atoms with van der Waals surface area (Å²) in [6.07, 6.45) is 5.23. The second kappa shape index (κ2) is 19.2. The maximum Gasteiger partial charge on any atom is 0.219 e. The van der Waals surface area contributed by atoms with E-state index in [2.05, 4.69) is 62.7 Å². The van der Waals surface area contributed by atoms with Gasteiger partial charge in [-0.2, -0.15) is 0 Å². The number of aromatic nitrogens is 3. The second-order valence-corrected chi connectivity index (χ2v) is 9.47. The van der Waals surface area contributed by atoms with Crippen molar-refractivity contribution in [1.29, 1.82) is 0 Å². The van der Waals surface area contributed by atoms with Crippen molar-refractivity contribution in [1.82, 2.24) is 15.0 Å². The van der Waals surface area contributed by atoms with E-state index in [0.717, 1.165) is 25.0 Å². The third kappa shape index (κ3) is 15.7. The molecule has 0 aliphatic heterocycles. The van der Waals surface area contributed by atoms with Crippen molar-refractivity contribution in [2.24, 2.45) is 0 Å². The van der Waals surface area contributed by atoms with E-state index in [-0.39, 0.29) is 8.41 Å². The highest BCUT2D eigenvalue weighted by molar-refractivity contribution is 9.11. The average molecular weight is 685 g/mol. The first kappa shape index (κ1) is 32.0. The molecule has 0 bridgehead atoms. The van der Waals surface area contributed by atoms with Gasteiger partial charge in [0.15, 0.2) is 0 Å². The van der Waals surface area contributed by atoms with E-state index in [4.69, 9.17) is 9.84 Å². The van der Waals surface area contributed by atoms with E-state index in [1.54, 1.807) is 36.8 Å². The number of nitrogens with zero attached hydrogens (tertiary/aromatic N) is 3. The number of ether oxygens (including phenoxy) is 1. The zero-order chi connectivity index (χ0) is 26.0. The third-order valence-electron chi connectivity index (χ3n) is 3.91. The van der Waals surface area contributed by atoms with Crippen LogP contribution in [0.1, 0.15) is 5.69 Å². The van der Waals surface area contributed by atoms with Crippen molar-refractivity contribution in [3.8, 4) is 17.4 Å². The Balaban J connectivity index is 0.000000258. The molecule has 5 rings (SSSR count). The summed E-state index contributed by atoms with van der Waals surface area (Å²) in [5.41, 5.74) is 1.07. The maximum atomic E-state index is 8.78. The summed E-state index contributed by atoms with van der Waals surface area (Å²) in [5.74, 6) is 1.67. The fourth-order valence-electron chi connectivity index (χ4n) is 2.32. The lowest BCUT2D eigenvalue weighted by atomic mass is 10.3. The molecule has 3 radical (unpaired) electrons. The van der Waals surface area contributed by atoms with Crippen LogP contribution in [-0.2, 0) is 0 Å². The van der Waals surface area contributed by atoms with Crippen molar-refractivity contribution in [3.05, 3.63) is 141 Å². The van der Waals surface area contributed by atoms with Crippen LogP contribution in [0, 0.1) is 6.92 Å². The van der Waals surface area contributed by atoms with Gasteiger partial charge in [0.05, 0.1) is 0 Å². The van der Waals surface area contributed by atoms with Crippen LogP contribution >= 0.6 is 47.8 Å². The van der Waals surface area contributed by atoms with Crippen molar-refractivity contribution in [2.75, 3.05) is 0 Å². The predicted molar refractivity (Wildman–Crippen MR) is 161 cm³/mol. The summed E-state index contributed by atoms with van der Waals surface area (Å²) in [7, 11) is 0. The fourth-order valence-corrected chi connectivity index (χ4v) is 3.36. The lowest BCUT2D eigenvalue weighted by molar-refractivity contribution is 0.462. The van der Waals surface area contributed by atoms with E-state index in [1.807, 2.05) is 91.9 Å². The van der Waals surface area contributed by atoms with Gasteiger partial charge in [-0.15, -0.1) is 0 Å². The molecule has 0 amide bonds. The maximum absolute atomic E-state index is 8.78. The number of benzene rings is 2. The van der Waals surface area contributed by atoms with Gasteiger partial charge in [0.1, 0.15) is 16.1 Å². The van der Waals surface area contributed by atoms with Crippen LogP contribution in [0.5, 0.6) is 17.4 Å². The van der Waals surface area contributed by atoms with Crippen molar-refractivity contribution in [2.45, 2.75) is 6.92 Å². The molecular weight excluding hydrogens is 661 g/mol. The Kier molecular flexibility index (Phi) is 16.6. The molecule has 0 fully saturated rings. The number of aromatic hydroxyl groups is 1. The number of pyridine rings is 3. The molecule has 0 spiro atoms. The molecule has 0 unspecified atom stereocenters. The minimum Gasteiger partial charge on any atom is -0.508 e. The van der Waals surface area contributed by atoms with Gasteiger partial charge in [-0.05, 0) is 89.6 Å². The summed E-state index contributed by atoms with van der Waals surface area (Å²) in [6.45, 7) is 1.97. The van der Waals surface area contributed by atoms with Crippen LogP contribution in [0.4, 0.5) is 0 Å². The van der Waals surface area contributed by atoms with E-state index in [9.17, 15) is 0 Å². The predicted octanol–water partition coefficient (Wildman–Crippen LogP) is 8.64. The molecule has 0 aliphatic carbocycles. The van der Waals surface area contributed by atoms with Gasteiger partial charge in [-0.25, -0.2) is 9.97 Å². The molecule has 0 aliphatic rings. The Morgan fingerprint density at radius 3 is 1.59 bits per heavy atom. The molecule has 1 N–H and O–H groups in total. The second-order valence-electron chi connectivity index (χ2n) is 6.83. The van der Waals surface area contributed by atoms with Gasteiger partial charge in [0.2, 0.25) is 5.88 Å². The quantitative estimate of drug-likeness (QED) is 0.149. The number of rotatable bonds is 2. The smallest absolute Gasteiger partial charge is 0.219 e. The Hall–Kier alpha value is -3.01. The minimum atomic E-state index is 0. The Labute approximate surface area is 245 Å². The van der Waals surface area contributed by atoms with Crippen LogP contribution < -0.4 is 4.74 Å². The van der Waals surface area contributed by atoms with Gasteiger partial charge in [0, 0.05) is 47.7 Å². The molecule has 0 saturated carbocycles. The molecule has 9 heteroatoms. The van der Waals surface area contributed by atoms with Crippen molar-refractivity contribution >= 4 is 56.2 Å². The standard InChI is InChI=1S/C11H8BrNO.C6H5BrO.C6H7N.C5H4BrN.B/c12-9-4-3-5-10(8-9)14-11-6-1-2-7-13-11;7-5-2-1-3-6(8)4-5;1-6-4-2-3-5-7-6;6-5-3-1-2-4-7-5;/h1-8H;1-4,8H;2-5H,1H3;1-4H;. The highest BCUT2D eigenvalue weighted by Crippen LogP contribution is 2.22. The first-order chi connectivity index (χ1) is 17.4. The summed E-state index contributed by atoms with van der Waals surface area (Å²) < 4.78 is 8.29. The molecule has 0 atom stereocenters. The van der Waals surface area contributed by atoms with E-state index < -0.39 is 0 Å². The average Bonchev–Trinajstić information content (AvgIpc) is 2.87. The lowest BCUT2D eigenvalue weighted by Crippen LogP contribution is -1.85. The number of phenols is 1. The van der Waals surface area contributed by atoms with Crippen LogP contribution in [0.2, 0.25) is 0 Å². The summed E-state index contributed by atoms with van der Waals surface area (Å²) >= 11 is 9.78. The largest absolute Gasteiger partial charge is 0.508 e. The number of halogens is 3. The molecule has 5 aromatic rings. The number of aryl methyl sites for hydroxylation is 1. The SMILES string of the molecule is Brc1cccc(Oc2ccccn2)c1.Brc1ccccn1.Cc1ccccn1.Oc1cccc(Br)c1.[B]. The van der Waals surface area contributed by atoms with Crippen molar-refractivity contribution < 1.29 is 9.84 Å². The van der Waals surface area contributed by atoms with E-state index >= 15 is 0 Å². The van der Waals surface area contributed by atoms with E-state index in [0.29, 0.717) is 11.6 Å². The van der Waals surface area contributed by atoms with Gasteiger partial charge in [-0.3, -0.25) is 4.98 Å². The third-order valence-corrected chi connectivity index (χ3v) is 5.36. The summed E-state index contributed by atoms with van der Waals surface area (Å²) in [6, 6.07) is 31.7. The Morgan fingerprint density at radius 2 is 1.22 bits per heavy atom. The monoisotopic (exact) mass is 682 g/mol. The van der Waals surface area contributed by atoms with Crippen LogP contribution in [0.15, 0.2) is 135 Å². The lowest BCUT2D eigenvalue weighted by Gasteiger charge is -2.03. The van der Waals surface area contributed by atoms with Gasteiger partial charge in [0.25, 0.3) is 0 Å². The molecule has 3 aromatic heterocycles. The van der Waals surface area contributed by atoms with Crippen LogP contribution in [0.3, 0.4) is 0 Å². The zero-order valence-electron chi connectivity index (χ0n) is 20.0. The van der Waals surface area contributed by atoms with Crippen LogP contribution in [0.25, 0.3) is 0 Å². The molecule has 5 nitrogen and oxygen atoms in total. The van der Waals surface area contributed by atoms with Gasteiger partial charge in [-0.1, -0.05) is 62.2 Å². The highest BCUT2D eigenvalue weighted by Gasteiger charge is 1.97. The highest BCUT2D eigenvalue weighted by atomic mass is 79.9. The van der Waals surface area contributed by atoms with Crippen molar-refractivity contribution in [3.63, 3.8) is 0 Å².